The summed E-state index contributed by atoms with van der Waals surface area (Å²) in [4.78, 5) is 22.7. The molecule has 0 aliphatic carbocycles. The maximum Gasteiger partial charge on any atom is 0.322 e. The number of carboxylic acids is 1. The second-order valence-electron chi connectivity index (χ2n) is 2.72. The first-order valence-electron chi connectivity index (χ1n) is 4.65. The van der Waals surface area contributed by atoms with Crippen LogP contribution >= 0.6 is 0 Å². The van der Waals surface area contributed by atoms with Crippen molar-refractivity contribution in [1.29, 1.82) is 0 Å². The van der Waals surface area contributed by atoms with Crippen molar-refractivity contribution < 1.29 is 14.7 Å². The smallest absolute Gasteiger partial charge is 0.322 e. The van der Waals surface area contributed by atoms with Crippen molar-refractivity contribution in [2.75, 3.05) is 27.2 Å². The number of carbonyl (C=O) groups is 2. The lowest BCUT2D eigenvalue weighted by Gasteiger charge is -2.08. The summed E-state index contributed by atoms with van der Waals surface area (Å²) in [6.07, 6.45) is 0.334. The average Bonchev–Trinajstić information content (AvgIpc) is 2.14. The summed E-state index contributed by atoms with van der Waals surface area (Å²) < 4.78 is 0. The van der Waals surface area contributed by atoms with E-state index < -0.39 is 5.97 Å². The first-order valence-corrected chi connectivity index (χ1v) is 4.65. The molecule has 0 radical (unpaired) electrons. The summed E-state index contributed by atoms with van der Waals surface area (Å²) in [5.74, 6) is -1.25. The fourth-order valence-electron chi connectivity index (χ4n) is 0.588. The second-order valence-corrected chi connectivity index (χ2v) is 2.72. The summed E-state index contributed by atoms with van der Waals surface area (Å²) in [5.41, 5.74) is 0. The highest BCUT2D eigenvalue weighted by atomic mass is 16.4. The van der Waals surface area contributed by atoms with E-state index in [2.05, 4.69) is 5.32 Å². The van der Waals surface area contributed by atoms with Gasteiger partial charge in [-0.25, -0.2) is 0 Å². The summed E-state index contributed by atoms with van der Waals surface area (Å²) >= 11 is 0. The van der Waals surface area contributed by atoms with Gasteiger partial charge in [-0.3, -0.25) is 9.59 Å². The Morgan fingerprint density at radius 2 is 1.79 bits per heavy atom. The molecule has 14 heavy (non-hydrogen) atoms. The molecule has 0 aromatic heterocycles. The topological polar surface area (TPSA) is 69.6 Å². The van der Waals surface area contributed by atoms with Crippen LogP contribution < -0.4 is 5.32 Å². The van der Waals surface area contributed by atoms with Gasteiger partial charge in [0, 0.05) is 13.0 Å². The molecule has 0 aromatic carbocycles. The van der Waals surface area contributed by atoms with Gasteiger partial charge in [0.15, 0.2) is 0 Å². The Bertz CT molecular complexity index is 169. The number of rotatable bonds is 5. The molecule has 2 N–H and O–H groups in total. The van der Waals surface area contributed by atoms with Crippen molar-refractivity contribution in [3.63, 3.8) is 0 Å². The number of hydrogen-bond donors (Lipinski definition) is 2. The first-order chi connectivity index (χ1) is 6.52. The summed E-state index contributed by atoms with van der Waals surface area (Å²) in [6, 6.07) is 0. The third kappa shape index (κ3) is 13.5. The van der Waals surface area contributed by atoms with Crippen molar-refractivity contribution in [2.24, 2.45) is 0 Å². The number of carbonyl (C=O) groups excluding carboxylic acids is 1. The molecule has 1 amide bonds. The average molecular weight is 204 g/mol. The molecule has 84 valence electrons. The second kappa shape index (κ2) is 9.98. The standard InChI is InChI=1S/C7H14N2O3.C2H6/c1-9(2)4-3-6(10)8-5-7(11)12;1-2/h3-5H2,1-2H3,(H,8,10)(H,11,12);1-2H3. The van der Waals surface area contributed by atoms with Gasteiger partial charge < -0.3 is 15.3 Å². The van der Waals surface area contributed by atoms with E-state index in [1.54, 1.807) is 0 Å². The van der Waals surface area contributed by atoms with Crippen LogP contribution in [0.2, 0.25) is 0 Å². The molecule has 0 saturated heterocycles. The van der Waals surface area contributed by atoms with Crippen molar-refractivity contribution in [2.45, 2.75) is 20.3 Å². The fourth-order valence-corrected chi connectivity index (χ4v) is 0.588. The third-order valence-electron chi connectivity index (χ3n) is 1.22. The highest BCUT2D eigenvalue weighted by Gasteiger charge is 2.03. The van der Waals surface area contributed by atoms with Crippen molar-refractivity contribution in [3.05, 3.63) is 0 Å². The normalized spacial score (nSPS) is 8.93. The summed E-state index contributed by atoms with van der Waals surface area (Å²) in [5, 5.41) is 10.5. The number of aliphatic carboxylic acids is 1. The zero-order valence-electron chi connectivity index (χ0n) is 9.33. The van der Waals surface area contributed by atoms with Crippen LogP contribution in [0.1, 0.15) is 20.3 Å². The molecule has 0 aliphatic heterocycles. The quantitative estimate of drug-likeness (QED) is 0.669. The van der Waals surface area contributed by atoms with E-state index in [0.717, 1.165) is 0 Å². The Balaban J connectivity index is 0. The molecule has 5 nitrogen and oxygen atoms in total. The Labute approximate surface area is 85.1 Å². The van der Waals surface area contributed by atoms with Gasteiger partial charge in [-0.2, -0.15) is 0 Å². The molecule has 0 atom stereocenters. The molecular weight excluding hydrogens is 184 g/mol. The number of amides is 1. The first kappa shape index (κ1) is 15.4. The van der Waals surface area contributed by atoms with Crippen LogP contribution in [0.15, 0.2) is 0 Å². The molecule has 0 aliphatic rings. The minimum absolute atomic E-state index is 0.230. The lowest BCUT2D eigenvalue weighted by atomic mass is 10.4. The van der Waals surface area contributed by atoms with Gasteiger partial charge >= 0.3 is 5.97 Å². The highest BCUT2D eigenvalue weighted by Crippen LogP contribution is 1.82. The molecule has 0 aromatic rings. The minimum atomic E-state index is -1.02. The molecule has 0 saturated carbocycles. The predicted octanol–water partition coefficient (Wildman–Crippen LogP) is 0.165. The zero-order chi connectivity index (χ0) is 11.6. The van der Waals surface area contributed by atoms with E-state index in [4.69, 9.17) is 5.11 Å². The van der Waals surface area contributed by atoms with Gasteiger partial charge in [0.2, 0.25) is 5.91 Å². The maximum atomic E-state index is 10.9. The van der Waals surface area contributed by atoms with Gasteiger partial charge in [0.05, 0.1) is 0 Å². The fraction of sp³-hybridized carbons (Fsp3) is 0.778. The van der Waals surface area contributed by atoms with Gasteiger partial charge in [-0.15, -0.1) is 0 Å². The van der Waals surface area contributed by atoms with Gasteiger partial charge in [0.1, 0.15) is 6.54 Å². The van der Waals surface area contributed by atoms with Crippen LogP contribution in [0, 0.1) is 0 Å². The highest BCUT2D eigenvalue weighted by molar-refractivity contribution is 5.81. The van der Waals surface area contributed by atoms with Crippen molar-refractivity contribution >= 4 is 11.9 Å². The van der Waals surface area contributed by atoms with Crippen LogP contribution in [0.25, 0.3) is 0 Å². The van der Waals surface area contributed by atoms with E-state index in [0.29, 0.717) is 13.0 Å². The van der Waals surface area contributed by atoms with Crippen LogP contribution in [0.3, 0.4) is 0 Å². The number of carboxylic acid groups (broad SMARTS) is 1. The molecule has 0 rings (SSSR count). The summed E-state index contributed by atoms with van der Waals surface area (Å²) in [7, 11) is 3.70. The predicted molar refractivity (Wildman–Crippen MR) is 55.2 cm³/mol. The van der Waals surface area contributed by atoms with Crippen LogP contribution in [-0.4, -0.2) is 49.1 Å². The molecule has 0 spiro atoms. The monoisotopic (exact) mass is 204 g/mol. The van der Waals surface area contributed by atoms with Crippen molar-refractivity contribution in [3.8, 4) is 0 Å². The van der Waals surface area contributed by atoms with Crippen LogP contribution in [0.5, 0.6) is 0 Å². The molecular formula is C9H20N2O3. The van der Waals surface area contributed by atoms with Gasteiger partial charge in [-0.1, -0.05) is 13.8 Å². The summed E-state index contributed by atoms with van der Waals surface area (Å²) in [6.45, 7) is 4.33. The van der Waals surface area contributed by atoms with E-state index in [1.807, 2.05) is 32.8 Å². The zero-order valence-corrected chi connectivity index (χ0v) is 9.33. The van der Waals surface area contributed by atoms with E-state index in [1.165, 1.54) is 0 Å². The lowest BCUT2D eigenvalue weighted by Crippen LogP contribution is -2.31. The van der Waals surface area contributed by atoms with E-state index in [9.17, 15) is 9.59 Å². The molecule has 5 heteroatoms. The number of nitrogens with zero attached hydrogens (tertiary/aromatic N) is 1. The Hall–Kier alpha value is -1.10. The van der Waals surface area contributed by atoms with Crippen molar-refractivity contribution in [1.82, 2.24) is 10.2 Å². The van der Waals surface area contributed by atoms with Gasteiger partial charge in [0.25, 0.3) is 0 Å². The Morgan fingerprint density at radius 3 is 2.14 bits per heavy atom. The number of hydrogen-bond acceptors (Lipinski definition) is 3. The Morgan fingerprint density at radius 1 is 1.29 bits per heavy atom. The van der Waals surface area contributed by atoms with E-state index >= 15 is 0 Å². The van der Waals surface area contributed by atoms with Crippen LogP contribution in [-0.2, 0) is 9.59 Å². The van der Waals surface area contributed by atoms with Crippen LogP contribution in [0.4, 0.5) is 0 Å². The Kier molecular flexibility index (Phi) is 11.0. The third-order valence-corrected chi connectivity index (χ3v) is 1.22. The molecule has 0 bridgehead atoms. The molecule has 0 unspecified atom stereocenters. The molecule has 0 heterocycles. The van der Waals surface area contributed by atoms with Gasteiger partial charge in [-0.05, 0) is 14.1 Å². The lowest BCUT2D eigenvalue weighted by molar-refractivity contribution is -0.137. The SMILES string of the molecule is CC.CN(C)CCC(=O)NCC(=O)O. The molecule has 0 fully saturated rings. The minimum Gasteiger partial charge on any atom is -0.480 e. The van der Waals surface area contributed by atoms with E-state index in [-0.39, 0.29) is 12.5 Å². The number of nitrogens with one attached hydrogen (secondary N) is 1. The maximum absolute atomic E-state index is 10.9. The largest absolute Gasteiger partial charge is 0.480 e.